The number of nitrogens with one attached hydrogen (secondary N) is 1. The van der Waals surface area contributed by atoms with E-state index < -0.39 is 0 Å². The molecule has 0 atom stereocenters. The Hall–Kier alpha value is -1.75. The standard InChI is InChI=1S/C14H17N3OS/c1-14(2,3)11-9-19-13(16-11)17-12(18)8-10-6-4-5-7-15-10/h4-7,9H,8H2,1-3H3,(H,16,17,18). The van der Waals surface area contributed by atoms with Gasteiger partial charge in [-0.3, -0.25) is 9.78 Å². The van der Waals surface area contributed by atoms with E-state index in [1.165, 1.54) is 11.3 Å². The Labute approximate surface area is 116 Å². The summed E-state index contributed by atoms with van der Waals surface area (Å²) in [5.41, 5.74) is 1.75. The fourth-order valence-corrected chi connectivity index (χ4v) is 2.46. The molecule has 0 spiro atoms. The van der Waals surface area contributed by atoms with Gasteiger partial charge in [-0.1, -0.05) is 26.8 Å². The number of carbonyl (C=O) groups excluding carboxylic acids is 1. The molecule has 0 saturated carbocycles. The SMILES string of the molecule is CC(C)(C)c1csc(NC(=O)Cc2ccccn2)n1. The van der Waals surface area contributed by atoms with E-state index in [1.54, 1.807) is 6.20 Å². The highest BCUT2D eigenvalue weighted by atomic mass is 32.1. The minimum atomic E-state index is -0.0893. The molecule has 0 unspecified atom stereocenters. The summed E-state index contributed by atoms with van der Waals surface area (Å²) < 4.78 is 0. The molecule has 2 rings (SSSR count). The van der Waals surface area contributed by atoms with Crippen molar-refractivity contribution in [2.75, 3.05) is 5.32 Å². The third kappa shape index (κ3) is 3.86. The minimum Gasteiger partial charge on any atom is -0.302 e. The van der Waals surface area contributed by atoms with Crippen LogP contribution in [-0.4, -0.2) is 15.9 Å². The Bertz CT molecular complexity index is 558. The molecule has 0 aliphatic heterocycles. The van der Waals surface area contributed by atoms with Gasteiger partial charge in [0.15, 0.2) is 5.13 Å². The van der Waals surface area contributed by atoms with Crippen molar-refractivity contribution in [2.45, 2.75) is 32.6 Å². The molecule has 1 amide bonds. The number of hydrogen-bond donors (Lipinski definition) is 1. The second-order valence-corrected chi connectivity index (χ2v) is 6.19. The zero-order chi connectivity index (χ0) is 13.9. The Balaban J connectivity index is 1.98. The summed E-state index contributed by atoms with van der Waals surface area (Å²) in [4.78, 5) is 20.4. The molecule has 0 aromatic carbocycles. The second kappa shape index (κ2) is 5.48. The molecular formula is C14H17N3OS. The van der Waals surface area contributed by atoms with Gasteiger partial charge >= 0.3 is 0 Å². The predicted molar refractivity (Wildman–Crippen MR) is 77.4 cm³/mol. The van der Waals surface area contributed by atoms with Crippen LogP contribution >= 0.6 is 11.3 Å². The summed E-state index contributed by atoms with van der Waals surface area (Å²) in [5, 5.41) is 5.44. The van der Waals surface area contributed by atoms with Crippen LogP contribution < -0.4 is 5.32 Å². The molecular weight excluding hydrogens is 258 g/mol. The maximum atomic E-state index is 11.9. The van der Waals surface area contributed by atoms with Crippen LogP contribution in [-0.2, 0) is 16.6 Å². The third-order valence-corrected chi connectivity index (χ3v) is 3.34. The molecule has 2 heterocycles. The number of nitrogens with zero attached hydrogens (tertiary/aromatic N) is 2. The monoisotopic (exact) mass is 275 g/mol. The Morgan fingerprint density at radius 1 is 1.37 bits per heavy atom. The number of aromatic nitrogens is 2. The molecule has 0 saturated heterocycles. The highest BCUT2D eigenvalue weighted by Crippen LogP contribution is 2.26. The number of carbonyl (C=O) groups is 1. The maximum Gasteiger partial charge on any atom is 0.232 e. The van der Waals surface area contributed by atoms with E-state index in [0.29, 0.717) is 5.13 Å². The summed E-state index contributed by atoms with van der Waals surface area (Å²) >= 11 is 1.45. The molecule has 2 aromatic rings. The number of rotatable bonds is 3. The second-order valence-electron chi connectivity index (χ2n) is 5.33. The molecule has 0 aliphatic carbocycles. The molecule has 19 heavy (non-hydrogen) atoms. The topological polar surface area (TPSA) is 54.9 Å². The lowest BCUT2D eigenvalue weighted by atomic mass is 9.93. The van der Waals surface area contributed by atoms with Crippen molar-refractivity contribution in [3.8, 4) is 0 Å². The average Bonchev–Trinajstić information content (AvgIpc) is 2.78. The van der Waals surface area contributed by atoms with E-state index in [4.69, 9.17) is 0 Å². The Kier molecular flexibility index (Phi) is 3.95. The van der Waals surface area contributed by atoms with Crippen LogP contribution in [0.2, 0.25) is 0 Å². The van der Waals surface area contributed by atoms with Gasteiger partial charge in [-0.25, -0.2) is 4.98 Å². The quantitative estimate of drug-likeness (QED) is 0.936. The first-order valence-corrected chi connectivity index (χ1v) is 6.99. The van der Waals surface area contributed by atoms with E-state index in [9.17, 15) is 4.79 Å². The number of thiazole rings is 1. The zero-order valence-corrected chi connectivity index (χ0v) is 12.1. The summed E-state index contributed by atoms with van der Waals surface area (Å²) in [5.74, 6) is -0.0893. The molecule has 0 radical (unpaired) electrons. The van der Waals surface area contributed by atoms with Gasteiger partial charge in [0, 0.05) is 22.7 Å². The van der Waals surface area contributed by atoms with E-state index in [2.05, 4.69) is 36.1 Å². The maximum absolute atomic E-state index is 11.9. The first-order valence-electron chi connectivity index (χ1n) is 6.11. The van der Waals surface area contributed by atoms with Crippen molar-refractivity contribution < 1.29 is 4.79 Å². The van der Waals surface area contributed by atoms with Crippen molar-refractivity contribution in [1.29, 1.82) is 0 Å². The fraction of sp³-hybridized carbons (Fsp3) is 0.357. The van der Waals surface area contributed by atoms with E-state index in [0.717, 1.165) is 11.4 Å². The van der Waals surface area contributed by atoms with Gasteiger partial charge in [-0.2, -0.15) is 0 Å². The van der Waals surface area contributed by atoms with Crippen LogP contribution in [0.3, 0.4) is 0 Å². The predicted octanol–water partition coefficient (Wildman–Crippen LogP) is 3.02. The molecule has 4 nitrogen and oxygen atoms in total. The van der Waals surface area contributed by atoms with Crippen LogP contribution in [0.1, 0.15) is 32.2 Å². The molecule has 1 N–H and O–H groups in total. The van der Waals surface area contributed by atoms with Crippen molar-refractivity contribution in [1.82, 2.24) is 9.97 Å². The third-order valence-electron chi connectivity index (χ3n) is 2.59. The lowest BCUT2D eigenvalue weighted by Crippen LogP contribution is -2.16. The van der Waals surface area contributed by atoms with Crippen LogP contribution in [0.5, 0.6) is 0 Å². The van der Waals surface area contributed by atoms with Gasteiger partial charge in [0.05, 0.1) is 12.1 Å². The summed E-state index contributed by atoms with van der Waals surface area (Å²) in [6.45, 7) is 6.30. The Morgan fingerprint density at radius 3 is 2.74 bits per heavy atom. The number of amides is 1. The van der Waals surface area contributed by atoms with Crippen LogP contribution in [0.15, 0.2) is 29.8 Å². The molecule has 2 aromatic heterocycles. The van der Waals surface area contributed by atoms with Crippen molar-refractivity contribution in [2.24, 2.45) is 0 Å². The highest BCUT2D eigenvalue weighted by Gasteiger charge is 2.18. The van der Waals surface area contributed by atoms with Gasteiger partial charge in [-0.15, -0.1) is 11.3 Å². The van der Waals surface area contributed by atoms with Gasteiger partial charge in [0.25, 0.3) is 0 Å². The molecule has 5 heteroatoms. The lowest BCUT2D eigenvalue weighted by molar-refractivity contribution is -0.115. The van der Waals surface area contributed by atoms with E-state index in [1.807, 2.05) is 23.6 Å². The first kappa shape index (κ1) is 13.7. The van der Waals surface area contributed by atoms with Gasteiger partial charge in [-0.05, 0) is 12.1 Å². The number of pyridine rings is 1. The zero-order valence-electron chi connectivity index (χ0n) is 11.3. The van der Waals surface area contributed by atoms with Crippen molar-refractivity contribution in [3.05, 3.63) is 41.2 Å². The smallest absolute Gasteiger partial charge is 0.232 e. The van der Waals surface area contributed by atoms with Gasteiger partial charge in [0.1, 0.15) is 0 Å². The Morgan fingerprint density at radius 2 is 2.16 bits per heavy atom. The van der Waals surface area contributed by atoms with Crippen LogP contribution in [0.4, 0.5) is 5.13 Å². The summed E-state index contributed by atoms with van der Waals surface area (Å²) in [6.07, 6.45) is 1.95. The molecule has 0 bridgehead atoms. The normalized spacial score (nSPS) is 11.3. The number of hydrogen-bond acceptors (Lipinski definition) is 4. The minimum absolute atomic E-state index is 0.000460. The number of anilines is 1. The summed E-state index contributed by atoms with van der Waals surface area (Å²) in [7, 11) is 0. The van der Waals surface area contributed by atoms with E-state index in [-0.39, 0.29) is 17.7 Å². The van der Waals surface area contributed by atoms with Crippen LogP contribution in [0.25, 0.3) is 0 Å². The largest absolute Gasteiger partial charge is 0.302 e. The van der Waals surface area contributed by atoms with Gasteiger partial charge < -0.3 is 5.32 Å². The van der Waals surface area contributed by atoms with Crippen LogP contribution in [0, 0.1) is 0 Å². The molecule has 0 aliphatic rings. The lowest BCUT2D eigenvalue weighted by Gasteiger charge is -2.14. The van der Waals surface area contributed by atoms with E-state index >= 15 is 0 Å². The highest BCUT2D eigenvalue weighted by molar-refractivity contribution is 7.13. The van der Waals surface area contributed by atoms with Crippen molar-refractivity contribution >= 4 is 22.4 Å². The molecule has 0 fully saturated rings. The fourth-order valence-electron chi connectivity index (χ4n) is 1.51. The molecule has 100 valence electrons. The van der Waals surface area contributed by atoms with Crippen molar-refractivity contribution in [3.63, 3.8) is 0 Å². The average molecular weight is 275 g/mol. The first-order chi connectivity index (χ1) is 8.95. The van der Waals surface area contributed by atoms with Gasteiger partial charge in [0.2, 0.25) is 5.91 Å². The summed E-state index contributed by atoms with van der Waals surface area (Å²) in [6, 6.07) is 5.54.